The highest BCUT2D eigenvalue weighted by molar-refractivity contribution is 4.95. The average Bonchev–Trinajstić information content (AvgIpc) is 2.09. The minimum absolute atomic E-state index is 0.387. The summed E-state index contributed by atoms with van der Waals surface area (Å²) < 4.78 is 4.44. The number of ether oxygens (including phenoxy) is 1. The first kappa shape index (κ1) is 9.85. The zero-order valence-electron chi connectivity index (χ0n) is 6.08. The number of rotatable bonds is 1. The normalized spacial score (nSPS) is 49.2. The van der Waals surface area contributed by atoms with E-state index in [1.54, 1.807) is 0 Å². The quantitative estimate of drug-likeness (QED) is 0.281. The van der Waals surface area contributed by atoms with Crippen molar-refractivity contribution < 1.29 is 30.3 Å². The third-order valence-electron chi connectivity index (χ3n) is 1.75. The summed E-state index contributed by atoms with van der Waals surface area (Å²) >= 11 is 0. The van der Waals surface area contributed by atoms with E-state index in [9.17, 15) is 0 Å². The maximum atomic E-state index is 9.13. The Bertz CT molecular complexity index is 162. The van der Waals surface area contributed by atoms with Crippen molar-refractivity contribution in [2.75, 3.05) is 6.61 Å². The molecule has 0 bridgehead atoms. The van der Waals surface area contributed by atoms with Gasteiger partial charge in [0.25, 0.3) is 0 Å². The summed E-state index contributed by atoms with van der Waals surface area (Å²) in [7, 11) is 0. The Morgan fingerprint density at radius 1 is 1.33 bits per heavy atom. The molecule has 0 saturated carbocycles. The second kappa shape index (κ2) is 3.25. The van der Waals surface area contributed by atoms with Crippen LogP contribution in [-0.4, -0.2) is 56.2 Å². The largest absolute Gasteiger partial charge is 0.388 e. The first-order valence-corrected chi connectivity index (χ1v) is 3.33. The highest BCUT2D eigenvalue weighted by Gasteiger charge is 2.48. The first-order valence-electron chi connectivity index (χ1n) is 3.33. The predicted molar refractivity (Wildman–Crippen MR) is 34.1 cm³/mol. The Kier molecular flexibility index (Phi) is 2.67. The predicted octanol–water partition coefficient (Wildman–Crippen LogP) is -2.80. The van der Waals surface area contributed by atoms with Crippen molar-refractivity contribution in [3.05, 3.63) is 6.61 Å². The van der Waals surface area contributed by atoms with Crippen LogP contribution in [0, 0.1) is 6.61 Å². The number of hydrogen-bond donors (Lipinski definition) is 5. The van der Waals surface area contributed by atoms with E-state index in [1.165, 1.54) is 6.61 Å². The molecule has 1 aliphatic rings. The van der Waals surface area contributed by atoms with Gasteiger partial charge in [0.05, 0.1) is 6.61 Å². The van der Waals surface area contributed by atoms with Gasteiger partial charge < -0.3 is 30.3 Å². The highest BCUT2D eigenvalue weighted by Crippen LogP contribution is 2.24. The van der Waals surface area contributed by atoms with Crippen molar-refractivity contribution in [1.29, 1.82) is 0 Å². The van der Waals surface area contributed by atoms with Gasteiger partial charge in [-0.1, -0.05) is 0 Å². The minimum Gasteiger partial charge on any atom is -0.388 e. The molecule has 0 aromatic heterocycles. The Morgan fingerprint density at radius 2 is 1.92 bits per heavy atom. The molecule has 6 heteroatoms. The van der Waals surface area contributed by atoms with E-state index in [4.69, 9.17) is 25.5 Å². The number of aliphatic hydroxyl groups is 5. The molecule has 0 spiro atoms. The van der Waals surface area contributed by atoms with Crippen LogP contribution in [0.15, 0.2) is 0 Å². The van der Waals surface area contributed by atoms with Crippen LogP contribution in [-0.2, 0) is 4.74 Å². The molecule has 0 aromatic carbocycles. The van der Waals surface area contributed by atoms with Gasteiger partial charge in [0.2, 0.25) is 5.79 Å². The molecule has 6 nitrogen and oxygen atoms in total. The summed E-state index contributed by atoms with van der Waals surface area (Å²) in [5.41, 5.74) is 0. The lowest BCUT2D eigenvalue weighted by molar-refractivity contribution is -0.315. The molecule has 70 valence electrons. The van der Waals surface area contributed by atoms with E-state index >= 15 is 0 Å². The SMILES string of the molecule is O[13C][13C]1(O)O[13CH2][13C@@H](O)[13C@@H](O)[13C@@H]1O. The van der Waals surface area contributed by atoms with Crippen molar-refractivity contribution in [2.24, 2.45) is 0 Å². The molecule has 5 N–H and O–H groups in total. The average molecular weight is 184 g/mol. The summed E-state index contributed by atoms with van der Waals surface area (Å²) in [5, 5.41) is 44.5. The molecule has 2 radical (unpaired) electrons. The van der Waals surface area contributed by atoms with E-state index < -0.39 is 24.1 Å². The van der Waals surface area contributed by atoms with Crippen LogP contribution in [0.5, 0.6) is 0 Å². The van der Waals surface area contributed by atoms with Crippen LogP contribution in [0.4, 0.5) is 0 Å². The summed E-state index contributed by atoms with van der Waals surface area (Å²) in [6.45, 7) is 0.907. The van der Waals surface area contributed by atoms with E-state index in [1.807, 2.05) is 0 Å². The summed E-state index contributed by atoms with van der Waals surface area (Å²) in [6.07, 6.45) is -4.66. The maximum absolute atomic E-state index is 9.13. The lowest BCUT2D eigenvalue weighted by Crippen LogP contribution is -2.61. The second-order valence-electron chi connectivity index (χ2n) is 2.62. The highest BCUT2D eigenvalue weighted by atomic mass is 16.9. The van der Waals surface area contributed by atoms with Gasteiger partial charge in [0, 0.05) is 0 Å². The molecule has 4 atom stereocenters. The van der Waals surface area contributed by atoms with Gasteiger partial charge in [-0.3, -0.25) is 0 Å². The Morgan fingerprint density at radius 3 is 2.42 bits per heavy atom. The van der Waals surface area contributed by atoms with E-state index in [-0.39, 0.29) is 6.61 Å². The molecule has 0 aromatic rings. The third kappa shape index (κ3) is 1.45. The molecule has 0 aliphatic carbocycles. The van der Waals surface area contributed by atoms with E-state index in [0.717, 1.165) is 0 Å². The zero-order chi connectivity index (χ0) is 9.35. The van der Waals surface area contributed by atoms with Crippen LogP contribution in [0.2, 0.25) is 0 Å². The van der Waals surface area contributed by atoms with Crippen molar-refractivity contribution in [2.45, 2.75) is 24.1 Å². The Labute approximate surface area is 68.6 Å². The molecule has 1 saturated heterocycles. The van der Waals surface area contributed by atoms with Crippen LogP contribution in [0.3, 0.4) is 0 Å². The van der Waals surface area contributed by atoms with Crippen LogP contribution < -0.4 is 0 Å². The minimum atomic E-state index is -2.42. The van der Waals surface area contributed by atoms with Crippen molar-refractivity contribution in [3.63, 3.8) is 0 Å². The number of hydrogen-bond acceptors (Lipinski definition) is 6. The molecule has 1 rings (SSSR count). The summed E-state index contributed by atoms with van der Waals surface area (Å²) in [4.78, 5) is 0. The standard InChI is InChI=1S/C6H10O6/c7-2-6(11)5(10)4(9)3(8)1-12-6/h3-5,7-11H,1H2/t3-,4-,5+,6?/m1/s1/i1+1,2+1,3+1,4+1,5+1,6+1. The van der Waals surface area contributed by atoms with Gasteiger partial charge in [-0.15, -0.1) is 0 Å². The zero-order valence-corrected chi connectivity index (χ0v) is 6.08. The lowest BCUT2D eigenvalue weighted by atomic mass is 10.9. The van der Waals surface area contributed by atoms with Gasteiger partial charge in [-0.25, -0.2) is 0 Å². The third-order valence-corrected chi connectivity index (χ3v) is 1.75. The van der Waals surface area contributed by atoms with Gasteiger partial charge >= 0.3 is 0 Å². The monoisotopic (exact) mass is 184 g/mol. The molecule has 1 heterocycles. The Balaban J connectivity index is 2.71. The fraction of sp³-hybridized carbons (Fsp3) is 0.833. The molecular weight excluding hydrogens is 174 g/mol. The van der Waals surface area contributed by atoms with Crippen LogP contribution in [0.25, 0.3) is 0 Å². The Hall–Kier alpha value is -0.240. The van der Waals surface area contributed by atoms with Gasteiger partial charge in [0.1, 0.15) is 18.3 Å². The van der Waals surface area contributed by atoms with Crippen LogP contribution in [0.1, 0.15) is 0 Å². The van der Waals surface area contributed by atoms with Gasteiger partial charge in [-0.2, -0.15) is 0 Å². The molecule has 1 aliphatic heterocycles. The van der Waals surface area contributed by atoms with Crippen molar-refractivity contribution in [1.82, 2.24) is 0 Å². The molecule has 12 heavy (non-hydrogen) atoms. The van der Waals surface area contributed by atoms with Crippen molar-refractivity contribution >= 4 is 0 Å². The molecule has 0 amide bonds. The van der Waals surface area contributed by atoms with Crippen LogP contribution >= 0.6 is 0 Å². The van der Waals surface area contributed by atoms with Crippen molar-refractivity contribution in [3.8, 4) is 0 Å². The summed E-state index contributed by atoms with van der Waals surface area (Å²) in [5.74, 6) is -2.42. The molecule has 1 unspecified atom stereocenters. The lowest BCUT2D eigenvalue weighted by Gasteiger charge is -2.39. The van der Waals surface area contributed by atoms with Gasteiger partial charge in [-0.05, 0) is 0 Å². The van der Waals surface area contributed by atoms with Gasteiger partial charge in [0.15, 0.2) is 6.61 Å². The first-order chi connectivity index (χ1) is 5.51. The molecular formula is C6H10O6. The fourth-order valence-corrected chi connectivity index (χ4v) is 0.937. The second-order valence-corrected chi connectivity index (χ2v) is 2.62. The van der Waals surface area contributed by atoms with E-state index in [0.29, 0.717) is 0 Å². The smallest absolute Gasteiger partial charge is 0.231 e. The maximum Gasteiger partial charge on any atom is 0.231 e. The van der Waals surface area contributed by atoms with E-state index in [2.05, 4.69) is 4.74 Å². The topological polar surface area (TPSA) is 110 Å². The summed E-state index contributed by atoms with van der Waals surface area (Å²) in [6, 6.07) is 0. The fourth-order valence-electron chi connectivity index (χ4n) is 0.937. The number of aliphatic hydroxyl groups excluding tert-OH is 4. The molecule has 1 fully saturated rings.